The molecule has 12 heteroatoms. The first-order chi connectivity index (χ1) is 19.9. The molecule has 2 aliphatic heterocycles. The van der Waals surface area contributed by atoms with Gasteiger partial charge in [-0.3, -0.25) is 0 Å². The van der Waals surface area contributed by atoms with Crippen LogP contribution in [0.25, 0.3) is 0 Å². The van der Waals surface area contributed by atoms with Crippen molar-refractivity contribution in [2.75, 3.05) is 13.2 Å². The van der Waals surface area contributed by atoms with Gasteiger partial charge in [0, 0.05) is 29.2 Å². The van der Waals surface area contributed by atoms with E-state index in [0.717, 1.165) is 0 Å². The zero-order chi connectivity index (χ0) is 30.3. The van der Waals surface area contributed by atoms with Gasteiger partial charge in [-0.1, -0.05) is 25.6 Å². The van der Waals surface area contributed by atoms with Crippen LogP contribution in [0, 0.1) is 23.2 Å². The van der Waals surface area contributed by atoms with Crippen molar-refractivity contribution in [3.8, 4) is 5.75 Å². The Kier molecular flexibility index (Phi) is 8.96. The lowest BCUT2D eigenvalue weighted by Gasteiger charge is -2.55. The van der Waals surface area contributed by atoms with Crippen LogP contribution in [0.5, 0.6) is 5.75 Å². The number of carbonyl (C=O) groups is 2. The van der Waals surface area contributed by atoms with E-state index >= 15 is 0 Å². The molecule has 5 rings (SSSR count). The van der Waals surface area contributed by atoms with Crippen molar-refractivity contribution in [2.45, 2.75) is 88.0 Å². The number of ether oxygens (including phenoxy) is 4. The van der Waals surface area contributed by atoms with Crippen LogP contribution in [0.4, 0.5) is 0 Å². The van der Waals surface area contributed by atoms with Crippen LogP contribution in [0.2, 0.25) is 0 Å². The molecule has 0 bridgehead atoms. The molecule has 2 heterocycles. The van der Waals surface area contributed by atoms with E-state index in [1.165, 1.54) is 12.1 Å². The number of hydrogen-bond acceptors (Lipinski definition) is 12. The number of phenolic OH excluding ortho intramolecular Hbond substituents is 1. The molecule has 2 saturated carbocycles. The molecule has 4 fully saturated rings. The van der Waals surface area contributed by atoms with Gasteiger partial charge in [0.05, 0.1) is 13.2 Å². The summed E-state index contributed by atoms with van der Waals surface area (Å²) >= 11 is 0. The summed E-state index contributed by atoms with van der Waals surface area (Å²) < 4.78 is 23.2. The van der Waals surface area contributed by atoms with Crippen molar-refractivity contribution in [2.24, 2.45) is 23.2 Å². The molecule has 6 N–H and O–H groups in total. The lowest BCUT2D eigenvalue weighted by Crippen LogP contribution is -2.60. The highest BCUT2D eigenvalue weighted by atomic mass is 16.7. The van der Waals surface area contributed by atoms with Crippen molar-refractivity contribution in [3.63, 3.8) is 0 Å². The molecule has 12 nitrogen and oxygen atoms in total. The van der Waals surface area contributed by atoms with Crippen molar-refractivity contribution < 1.29 is 59.2 Å². The third kappa shape index (κ3) is 5.69. The SMILES string of the molecule is C=C1C(=O)O[C@@H]2[C@H]3[C@H](CO[C@@H]4O[C@H](CO)[C@@H](O)[C@H](O)[C@H]4O)CC[C@@H](OC(=O)[C@@H](O)Cc4ccc(O)cc4)[C@]3(C)CC[C@H]12. The van der Waals surface area contributed by atoms with Crippen LogP contribution in [0.1, 0.15) is 38.2 Å². The number of aliphatic hydroxyl groups is 5. The third-order valence-corrected chi connectivity index (χ3v) is 9.72. The maximum absolute atomic E-state index is 13.0. The number of phenols is 1. The zero-order valence-electron chi connectivity index (χ0n) is 23.4. The Bertz CT molecular complexity index is 1150. The fourth-order valence-corrected chi connectivity index (χ4v) is 7.32. The van der Waals surface area contributed by atoms with Crippen LogP contribution < -0.4 is 0 Å². The Balaban J connectivity index is 1.32. The average molecular weight is 593 g/mol. The summed E-state index contributed by atoms with van der Waals surface area (Å²) in [6.07, 6.45) is -7.42. The van der Waals surface area contributed by atoms with E-state index < -0.39 is 73.0 Å². The predicted octanol–water partition coefficient (Wildman–Crippen LogP) is -0.0520. The molecule has 2 aliphatic carbocycles. The number of benzene rings is 1. The van der Waals surface area contributed by atoms with E-state index in [1.807, 2.05) is 6.92 Å². The van der Waals surface area contributed by atoms with Crippen molar-refractivity contribution in [3.05, 3.63) is 42.0 Å². The summed E-state index contributed by atoms with van der Waals surface area (Å²) in [7, 11) is 0. The van der Waals surface area contributed by atoms with Crippen LogP contribution in [-0.2, 0) is 35.0 Å². The number of aliphatic hydroxyl groups excluding tert-OH is 5. The maximum atomic E-state index is 13.0. The minimum Gasteiger partial charge on any atom is -0.508 e. The van der Waals surface area contributed by atoms with E-state index in [-0.39, 0.29) is 36.5 Å². The number of fused-ring (bicyclic) bond motifs is 3. The molecular weight excluding hydrogens is 552 g/mol. The molecule has 2 saturated heterocycles. The first kappa shape index (κ1) is 30.9. The number of hydrogen-bond donors (Lipinski definition) is 6. The van der Waals surface area contributed by atoms with Gasteiger partial charge in [-0.15, -0.1) is 0 Å². The summed E-state index contributed by atoms with van der Waals surface area (Å²) in [6.45, 7) is 5.38. The van der Waals surface area contributed by atoms with Crippen molar-refractivity contribution >= 4 is 11.9 Å². The molecule has 12 atom stereocenters. The van der Waals surface area contributed by atoms with Gasteiger partial charge in [-0.05, 0) is 49.3 Å². The second-order valence-corrected chi connectivity index (χ2v) is 12.3. The summed E-state index contributed by atoms with van der Waals surface area (Å²) in [4.78, 5) is 25.6. The predicted molar refractivity (Wildman–Crippen MR) is 143 cm³/mol. The molecule has 0 spiro atoms. The second kappa shape index (κ2) is 12.2. The fourth-order valence-electron chi connectivity index (χ4n) is 7.32. The largest absolute Gasteiger partial charge is 0.508 e. The van der Waals surface area contributed by atoms with Gasteiger partial charge in [-0.2, -0.15) is 0 Å². The van der Waals surface area contributed by atoms with Crippen LogP contribution in [0.3, 0.4) is 0 Å². The van der Waals surface area contributed by atoms with E-state index in [9.17, 15) is 40.2 Å². The first-order valence-corrected chi connectivity index (χ1v) is 14.4. The number of carbonyl (C=O) groups excluding carboxylic acids is 2. The standard InChI is InChI=1S/C30H40O12/c1-14-18-9-10-30(2)21(41-28(38)19(33)11-15-3-6-17(32)7-4-15)8-5-16(22(30)26(18)42-27(14)37)13-39-29-25(36)24(35)23(34)20(12-31)40-29/h3-4,6-7,16,18-26,29,31-36H,1,5,8-13H2,2H3/t16-,18+,19-,20+,21+,22+,23+,24-,25+,26-,29+,30-/m0/s1. The normalized spacial score (nSPS) is 40.5. The smallest absolute Gasteiger partial charge is 0.335 e. The minimum absolute atomic E-state index is 0.0175. The van der Waals surface area contributed by atoms with E-state index in [2.05, 4.69) is 6.58 Å². The lowest BCUT2D eigenvalue weighted by molar-refractivity contribution is -0.306. The van der Waals surface area contributed by atoms with Gasteiger partial charge in [0.1, 0.15) is 42.4 Å². The topological polar surface area (TPSA) is 192 Å². The summed E-state index contributed by atoms with van der Waals surface area (Å²) in [6, 6.07) is 6.18. The zero-order valence-corrected chi connectivity index (χ0v) is 23.4. The highest BCUT2D eigenvalue weighted by Gasteiger charge is 2.61. The molecule has 4 aliphatic rings. The highest BCUT2D eigenvalue weighted by Crippen LogP contribution is 2.58. The van der Waals surface area contributed by atoms with Gasteiger partial charge in [0.2, 0.25) is 0 Å². The molecule has 0 amide bonds. The van der Waals surface area contributed by atoms with Crippen LogP contribution in [0.15, 0.2) is 36.4 Å². The third-order valence-electron chi connectivity index (χ3n) is 9.72. The van der Waals surface area contributed by atoms with Gasteiger partial charge in [0.15, 0.2) is 12.4 Å². The molecule has 0 unspecified atom stereocenters. The Morgan fingerprint density at radius 1 is 1.12 bits per heavy atom. The summed E-state index contributed by atoms with van der Waals surface area (Å²) in [5, 5.41) is 60.3. The molecule has 1 aromatic carbocycles. The van der Waals surface area contributed by atoms with Crippen LogP contribution in [-0.4, -0.2) is 105 Å². The number of rotatable bonds is 8. The van der Waals surface area contributed by atoms with Gasteiger partial charge in [0.25, 0.3) is 0 Å². The Morgan fingerprint density at radius 3 is 2.52 bits per heavy atom. The van der Waals surface area contributed by atoms with E-state index in [4.69, 9.17) is 18.9 Å². The second-order valence-electron chi connectivity index (χ2n) is 12.3. The quantitative estimate of drug-likeness (QED) is 0.174. The first-order valence-electron chi connectivity index (χ1n) is 14.4. The lowest BCUT2D eigenvalue weighted by atomic mass is 9.52. The summed E-state index contributed by atoms with van der Waals surface area (Å²) in [5.41, 5.74) is 0.410. The van der Waals surface area contributed by atoms with Crippen LogP contribution >= 0.6 is 0 Å². The molecule has 42 heavy (non-hydrogen) atoms. The average Bonchev–Trinajstić information content (AvgIpc) is 3.26. The van der Waals surface area contributed by atoms with E-state index in [0.29, 0.717) is 36.8 Å². The molecule has 0 aromatic heterocycles. The molecular formula is C30H40O12. The van der Waals surface area contributed by atoms with Gasteiger partial charge < -0.3 is 49.6 Å². The molecule has 1 aromatic rings. The van der Waals surface area contributed by atoms with Crippen molar-refractivity contribution in [1.29, 1.82) is 0 Å². The monoisotopic (exact) mass is 592 g/mol. The fraction of sp³-hybridized carbons (Fsp3) is 0.667. The summed E-state index contributed by atoms with van der Waals surface area (Å²) in [5.74, 6) is -1.92. The molecule has 232 valence electrons. The van der Waals surface area contributed by atoms with Gasteiger partial charge in [-0.25, -0.2) is 9.59 Å². The Morgan fingerprint density at radius 2 is 1.83 bits per heavy atom. The minimum atomic E-state index is -1.58. The van der Waals surface area contributed by atoms with Crippen molar-refractivity contribution in [1.82, 2.24) is 0 Å². The Hall–Kier alpha value is -2.58. The highest BCUT2D eigenvalue weighted by molar-refractivity contribution is 5.91. The Labute approximate surface area is 243 Å². The number of esters is 2. The van der Waals surface area contributed by atoms with E-state index in [1.54, 1.807) is 12.1 Å². The molecule has 0 radical (unpaired) electrons. The number of aromatic hydroxyl groups is 1. The maximum Gasteiger partial charge on any atom is 0.335 e. The van der Waals surface area contributed by atoms with Gasteiger partial charge >= 0.3 is 11.9 Å².